The average molecular weight is 327 g/mol. The van der Waals surface area contributed by atoms with E-state index in [0.717, 1.165) is 13.0 Å². The van der Waals surface area contributed by atoms with E-state index in [1.54, 1.807) is 13.8 Å². The Morgan fingerprint density at radius 2 is 1.32 bits per heavy atom. The molecular weight excluding hydrogens is 293 g/mol. The van der Waals surface area contributed by atoms with Gasteiger partial charge in [-0.15, -0.1) is 0 Å². The van der Waals surface area contributed by atoms with Crippen molar-refractivity contribution in [1.82, 2.24) is 5.32 Å². The SMILES string of the molecule is CCC(=O)O.CCCCCCCCCCNC(C)C(=O)O.[NaH]. The van der Waals surface area contributed by atoms with Gasteiger partial charge in [-0.1, -0.05) is 58.8 Å². The van der Waals surface area contributed by atoms with Gasteiger partial charge in [-0.3, -0.25) is 9.59 Å². The Kier molecular flexibility index (Phi) is 25.4. The van der Waals surface area contributed by atoms with Gasteiger partial charge in [-0.05, 0) is 19.9 Å². The second kappa shape index (κ2) is 20.9. The molecule has 0 aliphatic heterocycles. The Balaban J connectivity index is -0.000000520. The minimum atomic E-state index is -0.764. The van der Waals surface area contributed by atoms with Crippen LogP contribution in [0.2, 0.25) is 0 Å². The molecule has 0 aromatic heterocycles. The summed E-state index contributed by atoms with van der Waals surface area (Å²) in [6, 6.07) is -0.412. The summed E-state index contributed by atoms with van der Waals surface area (Å²) < 4.78 is 0. The van der Waals surface area contributed by atoms with Crippen LogP contribution in [0.15, 0.2) is 0 Å². The van der Waals surface area contributed by atoms with Crippen LogP contribution in [0.5, 0.6) is 0 Å². The fourth-order valence-electron chi connectivity index (χ4n) is 1.66. The molecule has 0 saturated carbocycles. The molecular formula is C16H34NNaO4. The van der Waals surface area contributed by atoms with E-state index >= 15 is 0 Å². The van der Waals surface area contributed by atoms with Gasteiger partial charge in [-0.2, -0.15) is 0 Å². The second-order valence-electron chi connectivity index (χ2n) is 5.24. The van der Waals surface area contributed by atoms with Gasteiger partial charge in [0.2, 0.25) is 0 Å². The summed E-state index contributed by atoms with van der Waals surface area (Å²) in [6.45, 7) is 6.34. The van der Waals surface area contributed by atoms with Crippen molar-refractivity contribution in [3.05, 3.63) is 0 Å². The molecule has 0 fully saturated rings. The van der Waals surface area contributed by atoms with E-state index in [1.165, 1.54) is 44.9 Å². The van der Waals surface area contributed by atoms with Crippen LogP contribution in [-0.4, -0.2) is 64.3 Å². The topological polar surface area (TPSA) is 86.6 Å². The van der Waals surface area contributed by atoms with E-state index in [9.17, 15) is 9.59 Å². The quantitative estimate of drug-likeness (QED) is 0.379. The number of nitrogens with one attached hydrogen (secondary N) is 1. The van der Waals surface area contributed by atoms with E-state index in [4.69, 9.17) is 10.2 Å². The van der Waals surface area contributed by atoms with Crippen LogP contribution in [0, 0.1) is 0 Å². The number of unbranched alkanes of at least 4 members (excludes halogenated alkanes) is 7. The number of carboxylic acids is 2. The Morgan fingerprint density at radius 1 is 0.909 bits per heavy atom. The van der Waals surface area contributed by atoms with Crippen LogP contribution in [0.25, 0.3) is 0 Å². The minimum absolute atomic E-state index is 0. The predicted molar refractivity (Wildman–Crippen MR) is 92.8 cm³/mol. The third kappa shape index (κ3) is 24.9. The first-order valence-corrected chi connectivity index (χ1v) is 8.13. The van der Waals surface area contributed by atoms with Gasteiger partial charge in [0.1, 0.15) is 6.04 Å². The van der Waals surface area contributed by atoms with Crippen molar-refractivity contribution in [2.45, 2.75) is 84.6 Å². The molecule has 1 atom stereocenters. The Morgan fingerprint density at radius 3 is 1.68 bits per heavy atom. The van der Waals surface area contributed by atoms with Gasteiger partial charge >= 0.3 is 41.5 Å². The van der Waals surface area contributed by atoms with E-state index in [2.05, 4.69) is 12.2 Å². The molecule has 0 heterocycles. The van der Waals surface area contributed by atoms with Gasteiger partial charge in [0.25, 0.3) is 0 Å². The second-order valence-corrected chi connectivity index (χ2v) is 5.24. The molecule has 1 unspecified atom stereocenters. The molecule has 5 nitrogen and oxygen atoms in total. The van der Waals surface area contributed by atoms with E-state index in [1.807, 2.05) is 0 Å². The van der Waals surface area contributed by atoms with E-state index in [-0.39, 0.29) is 36.0 Å². The summed E-state index contributed by atoms with van der Waals surface area (Å²) >= 11 is 0. The maximum absolute atomic E-state index is 10.5. The molecule has 0 amide bonds. The summed E-state index contributed by atoms with van der Waals surface area (Å²) in [7, 11) is 0. The molecule has 128 valence electrons. The first-order valence-electron chi connectivity index (χ1n) is 8.13. The molecule has 0 spiro atoms. The molecule has 0 radical (unpaired) electrons. The van der Waals surface area contributed by atoms with Crippen LogP contribution < -0.4 is 5.32 Å². The number of hydrogen-bond donors (Lipinski definition) is 3. The number of rotatable bonds is 12. The summed E-state index contributed by atoms with van der Waals surface area (Å²) in [5, 5.41) is 19.4. The van der Waals surface area contributed by atoms with Crippen molar-refractivity contribution >= 4 is 41.5 Å². The zero-order valence-corrected chi connectivity index (χ0v) is 13.9. The molecule has 0 rings (SSSR count). The third-order valence-corrected chi connectivity index (χ3v) is 3.15. The fraction of sp³-hybridized carbons (Fsp3) is 0.875. The number of aliphatic carboxylic acids is 2. The van der Waals surface area contributed by atoms with Gasteiger partial charge in [0.05, 0.1) is 0 Å². The van der Waals surface area contributed by atoms with Gasteiger partial charge in [0.15, 0.2) is 0 Å². The number of hydrogen-bond acceptors (Lipinski definition) is 3. The number of carboxylic acid groups (broad SMARTS) is 2. The molecule has 6 heteroatoms. The molecule has 0 saturated heterocycles. The summed E-state index contributed by atoms with van der Waals surface area (Å²) in [4.78, 5) is 19.9. The van der Waals surface area contributed by atoms with Gasteiger partial charge in [0, 0.05) is 6.42 Å². The molecule has 0 bridgehead atoms. The number of carbonyl (C=O) groups is 2. The molecule has 0 aliphatic rings. The normalized spacial score (nSPS) is 10.9. The molecule has 0 aromatic rings. The molecule has 0 aromatic carbocycles. The van der Waals surface area contributed by atoms with Crippen molar-refractivity contribution in [3.8, 4) is 0 Å². The molecule has 3 N–H and O–H groups in total. The van der Waals surface area contributed by atoms with Crippen LogP contribution in [-0.2, 0) is 9.59 Å². The summed E-state index contributed by atoms with van der Waals surface area (Å²) in [6.07, 6.45) is 10.5. The van der Waals surface area contributed by atoms with Gasteiger partial charge in [-0.25, -0.2) is 0 Å². The van der Waals surface area contributed by atoms with Crippen molar-refractivity contribution in [2.24, 2.45) is 0 Å². The van der Waals surface area contributed by atoms with Crippen molar-refractivity contribution in [1.29, 1.82) is 0 Å². The van der Waals surface area contributed by atoms with Crippen molar-refractivity contribution < 1.29 is 19.8 Å². The Bertz CT molecular complexity index is 263. The van der Waals surface area contributed by atoms with Crippen LogP contribution in [0.3, 0.4) is 0 Å². The monoisotopic (exact) mass is 327 g/mol. The first kappa shape index (κ1) is 26.8. The van der Waals surface area contributed by atoms with Crippen LogP contribution >= 0.6 is 0 Å². The third-order valence-electron chi connectivity index (χ3n) is 3.15. The first-order chi connectivity index (χ1) is 9.95. The van der Waals surface area contributed by atoms with Crippen LogP contribution in [0.1, 0.15) is 78.6 Å². The summed E-state index contributed by atoms with van der Waals surface area (Å²) in [5.74, 6) is -1.51. The molecule has 22 heavy (non-hydrogen) atoms. The van der Waals surface area contributed by atoms with Crippen molar-refractivity contribution in [3.63, 3.8) is 0 Å². The zero-order valence-electron chi connectivity index (χ0n) is 13.9. The average Bonchev–Trinajstić information content (AvgIpc) is 2.45. The maximum atomic E-state index is 10.5. The summed E-state index contributed by atoms with van der Waals surface area (Å²) in [5.41, 5.74) is 0. The predicted octanol–water partition coefficient (Wildman–Crippen LogP) is 3.02. The standard InChI is InChI=1S/C13H27NO2.C3H6O2.Na.H/c1-3-4-5-6-7-8-9-10-11-14-12(2)13(15)16;1-2-3(4)5;;/h12,14H,3-11H2,1-2H3,(H,15,16);2H2,1H3,(H,4,5);;. The Hall–Kier alpha value is -0.100. The van der Waals surface area contributed by atoms with Crippen molar-refractivity contribution in [2.75, 3.05) is 6.54 Å². The zero-order chi connectivity index (χ0) is 16.5. The Labute approximate surface area is 157 Å². The van der Waals surface area contributed by atoms with E-state index in [0.29, 0.717) is 0 Å². The molecule has 0 aliphatic carbocycles. The van der Waals surface area contributed by atoms with Crippen LogP contribution in [0.4, 0.5) is 0 Å². The van der Waals surface area contributed by atoms with Gasteiger partial charge < -0.3 is 15.5 Å². The fourth-order valence-corrected chi connectivity index (χ4v) is 1.66. The van der Waals surface area contributed by atoms with E-state index < -0.39 is 18.0 Å².